The van der Waals surface area contributed by atoms with Crippen LogP contribution in [0.5, 0.6) is 0 Å². The zero-order chi connectivity index (χ0) is 13.2. The van der Waals surface area contributed by atoms with Gasteiger partial charge in [0, 0.05) is 10.3 Å². The molecule has 3 nitrogen and oxygen atoms in total. The lowest BCUT2D eigenvalue weighted by Crippen LogP contribution is -2.05. The summed E-state index contributed by atoms with van der Waals surface area (Å²) in [7, 11) is 0. The van der Waals surface area contributed by atoms with Crippen LogP contribution in [-0.4, -0.2) is 4.98 Å². The standard InChI is InChI=1S/C15H8N2OS/c16-9-10-4-3-5-11(8-10)15-17-14(18)12-6-1-2-7-13(12)19-15/h1-8H. The first-order chi connectivity index (χ1) is 9.28. The highest BCUT2D eigenvalue weighted by atomic mass is 32.1. The van der Waals surface area contributed by atoms with Crippen LogP contribution in [-0.2, 0) is 0 Å². The fraction of sp³-hybridized carbons (Fsp3) is 0. The molecule has 0 bridgehead atoms. The molecule has 4 heteroatoms. The summed E-state index contributed by atoms with van der Waals surface area (Å²) >= 11 is 1.45. The second-order valence-corrected chi connectivity index (χ2v) is 5.04. The van der Waals surface area contributed by atoms with Crippen molar-refractivity contribution in [1.29, 1.82) is 5.26 Å². The first kappa shape index (κ1) is 11.6. The van der Waals surface area contributed by atoms with Gasteiger partial charge < -0.3 is 0 Å². The van der Waals surface area contributed by atoms with Crippen LogP contribution in [0, 0.1) is 11.3 Å². The maximum absolute atomic E-state index is 12.0. The van der Waals surface area contributed by atoms with Crippen molar-refractivity contribution in [2.75, 3.05) is 0 Å². The van der Waals surface area contributed by atoms with Crippen LogP contribution >= 0.6 is 11.3 Å². The van der Waals surface area contributed by atoms with E-state index in [1.54, 1.807) is 24.3 Å². The molecule has 0 aliphatic carbocycles. The average Bonchev–Trinajstić information content (AvgIpc) is 2.47. The molecule has 0 radical (unpaired) electrons. The molecule has 3 rings (SSSR count). The number of nitrogens with zero attached hydrogens (tertiary/aromatic N) is 2. The summed E-state index contributed by atoms with van der Waals surface area (Å²) in [5.74, 6) is 0. The van der Waals surface area contributed by atoms with Gasteiger partial charge in [0.2, 0.25) is 0 Å². The molecule has 0 N–H and O–H groups in total. The lowest BCUT2D eigenvalue weighted by molar-refractivity contribution is 1.31. The van der Waals surface area contributed by atoms with E-state index < -0.39 is 0 Å². The number of benzene rings is 2. The Morgan fingerprint density at radius 1 is 1.11 bits per heavy atom. The Bertz CT molecular complexity index is 862. The van der Waals surface area contributed by atoms with E-state index in [-0.39, 0.29) is 5.56 Å². The molecule has 0 unspecified atom stereocenters. The monoisotopic (exact) mass is 264 g/mol. The van der Waals surface area contributed by atoms with Gasteiger partial charge in [0.1, 0.15) is 5.01 Å². The molecule has 0 aliphatic heterocycles. The Kier molecular flexibility index (Phi) is 2.82. The average molecular weight is 264 g/mol. The maximum atomic E-state index is 12.0. The molecule has 2 aromatic carbocycles. The highest BCUT2D eigenvalue weighted by Crippen LogP contribution is 2.26. The van der Waals surface area contributed by atoms with Crippen LogP contribution in [0.1, 0.15) is 5.56 Å². The first-order valence-corrected chi connectivity index (χ1v) is 6.50. The number of fused-ring (bicyclic) bond motifs is 1. The van der Waals surface area contributed by atoms with Crippen molar-refractivity contribution in [1.82, 2.24) is 4.98 Å². The minimum atomic E-state index is -0.230. The SMILES string of the molecule is N#Cc1cccc(-c2nc(=O)c3ccccc3s2)c1. The second-order valence-electron chi connectivity index (χ2n) is 4.01. The zero-order valence-electron chi connectivity index (χ0n) is 9.83. The van der Waals surface area contributed by atoms with E-state index in [1.165, 1.54) is 11.3 Å². The fourth-order valence-corrected chi connectivity index (χ4v) is 2.85. The molecule has 1 aromatic heterocycles. The Morgan fingerprint density at radius 2 is 1.95 bits per heavy atom. The molecule has 0 saturated heterocycles. The van der Waals surface area contributed by atoms with Crippen molar-refractivity contribution in [3.8, 4) is 16.6 Å². The summed E-state index contributed by atoms with van der Waals surface area (Å²) in [6, 6.07) is 16.6. The number of nitriles is 1. The smallest absolute Gasteiger partial charge is 0.267 e. The molecular formula is C15H8N2OS. The summed E-state index contributed by atoms with van der Waals surface area (Å²) in [5.41, 5.74) is 1.13. The molecule has 3 aromatic rings. The maximum Gasteiger partial charge on any atom is 0.279 e. The van der Waals surface area contributed by atoms with Gasteiger partial charge in [-0.05, 0) is 24.3 Å². The third-order valence-electron chi connectivity index (χ3n) is 2.77. The Morgan fingerprint density at radius 3 is 2.79 bits per heavy atom. The highest BCUT2D eigenvalue weighted by Gasteiger charge is 2.06. The van der Waals surface area contributed by atoms with Gasteiger partial charge in [-0.15, -0.1) is 11.3 Å². The predicted octanol–water partition coefficient (Wildman–Crippen LogP) is 3.20. The van der Waals surface area contributed by atoms with Crippen molar-refractivity contribution >= 4 is 21.4 Å². The number of rotatable bonds is 1. The van der Waals surface area contributed by atoms with Gasteiger partial charge >= 0.3 is 0 Å². The molecule has 90 valence electrons. The Balaban J connectivity index is 2.26. The minimum Gasteiger partial charge on any atom is -0.267 e. The molecule has 0 fully saturated rings. The molecule has 1 heterocycles. The third kappa shape index (κ3) is 2.12. The zero-order valence-corrected chi connectivity index (χ0v) is 10.6. The largest absolute Gasteiger partial charge is 0.279 e. The van der Waals surface area contributed by atoms with Gasteiger partial charge in [0.25, 0.3) is 5.56 Å². The number of hydrogen-bond acceptors (Lipinski definition) is 4. The van der Waals surface area contributed by atoms with Gasteiger partial charge in [-0.2, -0.15) is 10.2 Å². The highest BCUT2D eigenvalue weighted by molar-refractivity contribution is 7.21. The van der Waals surface area contributed by atoms with Gasteiger partial charge in [-0.3, -0.25) is 4.79 Å². The Labute approximate surface area is 113 Å². The molecule has 0 saturated carbocycles. The quantitative estimate of drug-likeness (QED) is 0.678. The lowest BCUT2D eigenvalue weighted by Gasteiger charge is -2.01. The summed E-state index contributed by atoms with van der Waals surface area (Å²) in [6.07, 6.45) is 0. The van der Waals surface area contributed by atoms with Gasteiger partial charge in [0.05, 0.1) is 17.0 Å². The molecular weight excluding hydrogens is 256 g/mol. The molecule has 0 amide bonds. The lowest BCUT2D eigenvalue weighted by atomic mass is 10.1. The van der Waals surface area contributed by atoms with Crippen LogP contribution < -0.4 is 5.56 Å². The fourth-order valence-electron chi connectivity index (χ4n) is 1.86. The summed E-state index contributed by atoms with van der Waals surface area (Å²) in [5, 5.41) is 10.2. The van der Waals surface area contributed by atoms with Gasteiger partial charge in [-0.25, -0.2) is 0 Å². The van der Waals surface area contributed by atoms with E-state index in [0.717, 1.165) is 10.3 Å². The summed E-state index contributed by atoms with van der Waals surface area (Å²) < 4.78 is 0.903. The van der Waals surface area contributed by atoms with E-state index in [0.29, 0.717) is 16.0 Å². The van der Waals surface area contributed by atoms with Crippen molar-refractivity contribution < 1.29 is 0 Å². The van der Waals surface area contributed by atoms with Crippen LogP contribution in [0.3, 0.4) is 0 Å². The molecule has 19 heavy (non-hydrogen) atoms. The van der Waals surface area contributed by atoms with Crippen LogP contribution in [0.25, 0.3) is 20.7 Å². The minimum absolute atomic E-state index is 0.230. The molecule has 0 spiro atoms. The Hall–Kier alpha value is -2.51. The van der Waals surface area contributed by atoms with Gasteiger partial charge in [0.15, 0.2) is 0 Å². The normalized spacial score (nSPS) is 10.3. The topological polar surface area (TPSA) is 53.8 Å². The third-order valence-corrected chi connectivity index (χ3v) is 3.86. The van der Waals surface area contributed by atoms with Gasteiger partial charge in [-0.1, -0.05) is 24.3 Å². The van der Waals surface area contributed by atoms with Crippen LogP contribution in [0.15, 0.2) is 53.3 Å². The second kappa shape index (κ2) is 4.63. The van der Waals surface area contributed by atoms with Crippen LogP contribution in [0.2, 0.25) is 0 Å². The summed E-state index contributed by atoms with van der Waals surface area (Å²) in [4.78, 5) is 16.1. The van der Waals surface area contributed by atoms with Crippen molar-refractivity contribution in [2.45, 2.75) is 0 Å². The van der Waals surface area contributed by atoms with Crippen molar-refractivity contribution in [2.24, 2.45) is 0 Å². The first-order valence-electron chi connectivity index (χ1n) is 5.68. The molecule has 0 atom stereocenters. The summed E-state index contributed by atoms with van der Waals surface area (Å²) in [6.45, 7) is 0. The van der Waals surface area contributed by atoms with E-state index in [2.05, 4.69) is 11.1 Å². The van der Waals surface area contributed by atoms with E-state index in [1.807, 2.05) is 24.3 Å². The van der Waals surface area contributed by atoms with Crippen LogP contribution in [0.4, 0.5) is 0 Å². The van der Waals surface area contributed by atoms with E-state index in [9.17, 15) is 4.79 Å². The van der Waals surface area contributed by atoms with Crippen molar-refractivity contribution in [3.05, 3.63) is 64.4 Å². The van der Waals surface area contributed by atoms with Crippen molar-refractivity contribution in [3.63, 3.8) is 0 Å². The van der Waals surface area contributed by atoms with E-state index >= 15 is 0 Å². The number of hydrogen-bond donors (Lipinski definition) is 0. The molecule has 0 aliphatic rings. The predicted molar refractivity (Wildman–Crippen MR) is 76.0 cm³/mol. The number of aromatic nitrogens is 1. The van der Waals surface area contributed by atoms with E-state index in [4.69, 9.17) is 5.26 Å².